The maximum atomic E-state index is 5.48. The van der Waals surface area contributed by atoms with Crippen molar-refractivity contribution in [1.29, 1.82) is 0 Å². The molecule has 2 aliphatic rings. The second kappa shape index (κ2) is 7.34. The molecule has 2 rings (SSSR count). The summed E-state index contributed by atoms with van der Waals surface area (Å²) < 4.78 is 5.48. The van der Waals surface area contributed by atoms with Gasteiger partial charge in [-0.2, -0.15) is 0 Å². The Morgan fingerprint density at radius 2 is 1.94 bits per heavy atom. The Hall–Kier alpha value is -0.120. The van der Waals surface area contributed by atoms with Crippen LogP contribution in [0.5, 0.6) is 0 Å². The number of hydrogen-bond acceptors (Lipinski definition) is 3. The molecular formula is C14H28N2O. The number of rotatable bonds is 4. The van der Waals surface area contributed by atoms with Crippen molar-refractivity contribution in [1.82, 2.24) is 10.2 Å². The fourth-order valence-corrected chi connectivity index (χ4v) is 2.82. The highest BCUT2D eigenvalue weighted by Gasteiger charge is 2.16. The van der Waals surface area contributed by atoms with E-state index in [4.69, 9.17) is 4.74 Å². The topological polar surface area (TPSA) is 24.5 Å². The summed E-state index contributed by atoms with van der Waals surface area (Å²) in [4.78, 5) is 2.61. The fraction of sp³-hybridized carbons (Fsp3) is 1.00. The summed E-state index contributed by atoms with van der Waals surface area (Å²) in [5, 5.41) is 3.70. The molecule has 2 saturated heterocycles. The zero-order chi connectivity index (χ0) is 11.9. The minimum Gasteiger partial charge on any atom is -0.381 e. The Morgan fingerprint density at radius 3 is 2.76 bits per heavy atom. The van der Waals surface area contributed by atoms with Gasteiger partial charge in [0.1, 0.15) is 0 Å². The van der Waals surface area contributed by atoms with E-state index in [1.165, 1.54) is 51.7 Å². The van der Waals surface area contributed by atoms with Gasteiger partial charge in [-0.05, 0) is 51.1 Å². The van der Waals surface area contributed by atoms with Crippen molar-refractivity contribution in [3.05, 3.63) is 0 Å². The highest BCUT2D eigenvalue weighted by Crippen LogP contribution is 2.15. The largest absolute Gasteiger partial charge is 0.381 e. The first-order valence-corrected chi connectivity index (χ1v) is 7.38. The molecule has 0 aromatic carbocycles. The van der Waals surface area contributed by atoms with Gasteiger partial charge in [0.2, 0.25) is 0 Å². The van der Waals surface area contributed by atoms with Gasteiger partial charge in [0, 0.05) is 32.3 Å². The van der Waals surface area contributed by atoms with Crippen LogP contribution in [0.1, 0.15) is 39.0 Å². The number of piperidine rings is 1. The van der Waals surface area contributed by atoms with Gasteiger partial charge in [-0.25, -0.2) is 0 Å². The molecule has 100 valence electrons. The third-order valence-corrected chi connectivity index (χ3v) is 4.19. The van der Waals surface area contributed by atoms with Crippen molar-refractivity contribution in [3.8, 4) is 0 Å². The van der Waals surface area contributed by atoms with Crippen LogP contribution in [0.15, 0.2) is 0 Å². The quantitative estimate of drug-likeness (QED) is 0.812. The van der Waals surface area contributed by atoms with E-state index in [-0.39, 0.29) is 0 Å². The lowest BCUT2D eigenvalue weighted by Crippen LogP contribution is -2.40. The second-order valence-corrected chi connectivity index (χ2v) is 5.72. The van der Waals surface area contributed by atoms with Crippen LogP contribution >= 0.6 is 0 Å². The van der Waals surface area contributed by atoms with Gasteiger partial charge in [0.05, 0.1) is 0 Å². The molecule has 0 spiro atoms. The highest BCUT2D eigenvalue weighted by molar-refractivity contribution is 4.73. The summed E-state index contributed by atoms with van der Waals surface area (Å²) in [6.45, 7) is 9.26. The summed E-state index contributed by atoms with van der Waals surface area (Å²) in [5.41, 5.74) is 0. The van der Waals surface area contributed by atoms with Crippen LogP contribution in [0.4, 0.5) is 0 Å². The zero-order valence-electron chi connectivity index (χ0n) is 11.3. The molecule has 1 unspecified atom stereocenters. The van der Waals surface area contributed by atoms with Crippen LogP contribution in [0.25, 0.3) is 0 Å². The van der Waals surface area contributed by atoms with E-state index in [2.05, 4.69) is 17.1 Å². The van der Waals surface area contributed by atoms with Crippen LogP contribution in [0.2, 0.25) is 0 Å². The number of nitrogens with one attached hydrogen (secondary N) is 1. The molecule has 1 atom stereocenters. The molecule has 0 radical (unpaired) electrons. The molecule has 0 aliphatic carbocycles. The number of hydrogen-bond donors (Lipinski definition) is 1. The maximum Gasteiger partial charge on any atom is 0.0480 e. The molecule has 17 heavy (non-hydrogen) atoms. The van der Waals surface area contributed by atoms with Crippen molar-refractivity contribution in [2.75, 3.05) is 39.4 Å². The average molecular weight is 240 g/mol. The highest BCUT2D eigenvalue weighted by atomic mass is 16.5. The first-order chi connectivity index (χ1) is 8.34. The number of likely N-dealkylation sites (tertiary alicyclic amines) is 1. The van der Waals surface area contributed by atoms with Crippen LogP contribution < -0.4 is 5.32 Å². The van der Waals surface area contributed by atoms with Gasteiger partial charge in [-0.1, -0.05) is 6.92 Å². The zero-order valence-corrected chi connectivity index (χ0v) is 11.3. The molecule has 3 nitrogen and oxygen atoms in total. The van der Waals surface area contributed by atoms with Crippen molar-refractivity contribution in [3.63, 3.8) is 0 Å². The van der Waals surface area contributed by atoms with Crippen molar-refractivity contribution in [2.45, 2.75) is 45.1 Å². The van der Waals surface area contributed by atoms with Crippen molar-refractivity contribution >= 4 is 0 Å². The molecule has 1 N–H and O–H groups in total. The molecule has 2 heterocycles. The lowest BCUT2D eigenvalue weighted by molar-refractivity contribution is 0.142. The van der Waals surface area contributed by atoms with Gasteiger partial charge >= 0.3 is 0 Å². The Labute approximate surface area is 106 Å². The van der Waals surface area contributed by atoms with Gasteiger partial charge in [0.15, 0.2) is 0 Å². The third kappa shape index (κ3) is 4.94. The molecule has 3 heteroatoms. The van der Waals surface area contributed by atoms with E-state index >= 15 is 0 Å². The lowest BCUT2D eigenvalue weighted by atomic mass is 9.99. The molecule has 2 fully saturated rings. The summed E-state index contributed by atoms with van der Waals surface area (Å²) >= 11 is 0. The molecule has 0 saturated carbocycles. The molecule has 0 amide bonds. The van der Waals surface area contributed by atoms with E-state index in [1.54, 1.807) is 0 Å². The van der Waals surface area contributed by atoms with Crippen LogP contribution in [0, 0.1) is 5.92 Å². The summed E-state index contributed by atoms with van der Waals surface area (Å²) in [7, 11) is 0. The predicted octanol–water partition coefficient (Wildman–Crippen LogP) is 1.88. The molecule has 0 aromatic heterocycles. The minimum absolute atomic E-state index is 0.696. The van der Waals surface area contributed by atoms with Gasteiger partial charge < -0.3 is 15.0 Å². The smallest absolute Gasteiger partial charge is 0.0480 e. The Morgan fingerprint density at radius 1 is 1.12 bits per heavy atom. The van der Waals surface area contributed by atoms with E-state index in [1.807, 2.05) is 0 Å². The van der Waals surface area contributed by atoms with Gasteiger partial charge in [-0.3, -0.25) is 0 Å². The normalized spacial score (nSPS) is 29.1. The third-order valence-electron chi connectivity index (χ3n) is 4.19. The summed E-state index contributed by atoms with van der Waals surface area (Å²) in [6, 6.07) is 0.696. The van der Waals surface area contributed by atoms with Crippen LogP contribution in [-0.2, 0) is 4.74 Å². The lowest BCUT2D eigenvalue weighted by Gasteiger charge is -2.30. The first kappa shape index (κ1) is 13.3. The Bertz CT molecular complexity index is 194. The monoisotopic (exact) mass is 240 g/mol. The number of ether oxygens (including phenoxy) is 1. The van der Waals surface area contributed by atoms with E-state index < -0.39 is 0 Å². The van der Waals surface area contributed by atoms with Crippen LogP contribution in [0.3, 0.4) is 0 Å². The van der Waals surface area contributed by atoms with Crippen molar-refractivity contribution < 1.29 is 4.74 Å². The Balaban J connectivity index is 1.55. The van der Waals surface area contributed by atoms with E-state index in [0.717, 1.165) is 25.7 Å². The van der Waals surface area contributed by atoms with E-state index in [9.17, 15) is 0 Å². The summed E-state index contributed by atoms with van der Waals surface area (Å²) in [5.74, 6) is 0.943. The standard InChI is InChI=1S/C14H28N2O/c1-13-4-8-16(9-5-13)10-7-15-14-3-2-11-17-12-6-14/h13-15H,2-12H2,1H3. The molecular weight excluding hydrogens is 212 g/mol. The second-order valence-electron chi connectivity index (χ2n) is 5.72. The van der Waals surface area contributed by atoms with Crippen LogP contribution in [-0.4, -0.2) is 50.3 Å². The predicted molar refractivity (Wildman–Crippen MR) is 71.3 cm³/mol. The minimum atomic E-state index is 0.696. The molecule has 2 aliphatic heterocycles. The van der Waals surface area contributed by atoms with E-state index in [0.29, 0.717) is 6.04 Å². The number of nitrogens with zero attached hydrogens (tertiary/aromatic N) is 1. The molecule has 0 aromatic rings. The SMILES string of the molecule is CC1CCN(CCNC2CCCOCC2)CC1. The summed E-state index contributed by atoms with van der Waals surface area (Å²) in [6.07, 6.45) is 6.47. The maximum absolute atomic E-state index is 5.48. The van der Waals surface area contributed by atoms with Crippen molar-refractivity contribution in [2.24, 2.45) is 5.92 Å². The molecule has 0 bridgehead atoms. The first-order valence-electron chi connectivity index (χ1n) is 7.38. The fourth-order valence-electron chi connectivity index (χ4n) is 2.82. The van der Waals surface area contributed by atoms with Gasteiger partial charge in [-0.15, -0.1) is 0 Å². The Kier molecular flexibility index (Phi) is 5.75. The van der Waals surface area contributed by atoms with Gasteiger partial charge in [0.25, 0.3) is 0 Å². The average Bonchev–Trinajstić information content (AvgIpc) is 2.60.